The zero-order chi connectivity index (χ0) is 28.7. The number of unbranched alkanes of at least 4 members (excludes halogenated alkanes) is 5. The molecule has 0 aromatic heterocycles. The van der Waals surface area contributed by atoms with E-state index >= 15 is 0 Å². The van der Waals surface area contributed by atoms with E-state index < -0.39 is 23.8 Å². The minimum absolute atomic E-state index is 0.00628. The molecule has 0 saturated carbocycles. The number of hydrogen-bond donors (Lipinski definition) is 2. The highest BCUT2D eigenvalue weighted by Crippen LogP contribution is 2.25. The molecule has 1 aromatic carbocycles. The fourth-order valence-corrected chi connectivity index (χ4v) is 4.46. The summed E-state index contributed by atoms with van der Waals surface area (Å²) in [6, 6.07) is 6.28. The van der Waals surface area contributed by atoms with Gasteiger partial charge in [0.15, 0.2) is 0 Å². The summed E-state index contributed by atoms with van der Waals surface area (Å²) >= 11 is 0. The van der Waals surface area contributed by atoms with Crippen LogP contribution in [0.15, 0.2) is 24.3 Å². The topological polar surface area (TPSA) is 87.7 Å². The highest BCUT2D eigenvalue weighted by atomic mass is 16.6. The lowest BCUT2D eigenvalue weighted by Crippen LogP contribution is -2.52. The number of carbonyl (C=O) groups excluding carboxylic acids is 3. The standard InChI is InChI=1S/C31H53N3O4/c1-9-12-13-14-15-16-22-34(29(36)24(5)33-30(37)38-31(6,7)8)27(28(35)32-23(4)17-10-2)26-20-18-25(11-3)19-21-26/h18-21,23-24,27H,9-17,22H2,1-8H3,(H,32,35)(H,33,37). The Kier molecular flexibility index (Phi) is 15.1. The van der Waals surface area contributed by atoms with Gasteiger partial charge in [0.2, 0.25) is 11.8 Å². The Balaban J connectivity index is 3.29. The maximum Gasteiger partial charge on any atom is 0.408 e. The number of hydrogen-bond acceptors (Lipinski definition) is 4. The van der Waals surface area contributed by atoms with Gasteiger partial charge in [-0.25, -0.2) is 4.79 Å². The van der Waals surface area contributed by atoms with Crippen molar-refractivity contribution in [1.29, 1.82) is 0 Å². The molecule has 2 N–H and O–H groups in total. The van der Waals surface area contributed by atoms with Crippen molar-refractivity contribution in [2.24, 2.45) is 0 Å². The van der Waals surface area contributed by atoms with Crippen LogP contribution in [0.2, 0.25) is 0 Å². The van der Waals surface area contributed by atoms with Gasteiger partial charge in [0.1, 0.15) is 17.7 Å². The molecule has 7 heteroatoms. The van der Waals surface area contributed by atoms with Crippen LogP contribution in [-0.4, -0.2) is 47.0 Å². The molecule has 3 amide bonds. The van der Waals surface area contributed by atoms with E-state index in [9.17, 15) is 14.4 Å². The Morgan fingerprint density at radius 2 is 1.47 bits per heavy atom. The van der Waals surface area contributed by atoms with Gasteiger partial charge in [-0.1, -0.05) is 83.6 Å². The molecule has 216 valence electrons. The number of aryl methyl sites for hydroxylation is 1. The third-order valence-corrected chi connectivity index (χ3v) is 6.51. The van der Waals surface area contributed by atoms with Gasteiger partial charge in [-0.3, -0.25) is 9.59 Å². The summed E-state index contributed by atoms with van der Waals surface area (Å²) in [7, 11) is 0. The molecule has 0 bridgehead atoms. The van der Waals surface area contributed by atoms with Crippen LogP contribution in [0.25, 0.3) is 0 Å². The Morgan fingerprint density at radius 3 is 2.03 bits per heavy atom. The van der Waals surface area contributed by atoms with Crippen molar-refractivity contribution >= 4 is 17.9 Å². The average Bonchev–Trinajstić information content (AvgIpc) is 2.84. The summed E-state index contributed by atoms with van der Waals surface area (Å²) in [4.78, 5) is 41.6. The molecule has 3 unspecified atom stereocenters. The van der Waals surface area contributed by atoms with Gasteiger partial charge in [0.05, 0.1) is 0 Å². The Hall–Kier alpha value is -2.57. The zero-order valence-corrected chi connectivity index (χ0v) is 25.2. The Bertz CT molecular complexity index is 848. The van der Waals surface area contributed by atoms with Gasteiger partial charge in [-0.15, -0.1) is 0 Å². The second kappa shape index (κ2) is 17.1. The molecule has 0 fully saturated rings. The Morgan fingerprint density at radius 1 is 0.868 bits per heavy atom. The van der Waals surface area contributed by atoms with Gasteiger partial charge in [0, 0.05) is 12.6 Å². The molecule has 1 rings (SSSR count). The number of nitrogens with zero attached hydrogens (tertiary/aromatic N) is 1. The molecule has 7 nitrogen and oxygen atoms in total. The van der Waals surface area contributed by atoms with Crippen LogP contribution in [0, 0.1) is 0 Å². The summed E-state index contributed by atoms with van der Waals surface area (Å²) in [5.41, 5.74) is 1.26. The molecule has 0 aliphatic heterocycles. The summed E-state index contributed by atoms with van der Waals surface area (Å²) in [6.45, 7) is 15.8. The van der Waals surface area contributed by atoms with Crippen molar-refractivity contribution in [2.45, 2.75) is 137 Å². The number of ether oxygens (including phenoxy) is 1. The maximum atomic E-state index is 13.8. The number of rotatable bonds is 16. The number of carbonyl (C=O) groups is 3. The highest BCUT2D eigenvalue weighted by Gasteiger charge is 2.34. The molecule has 3 atom stereocenters. The van der Waals surface area contributed by atoms with E-state index in [1.54, 1.807) is 32.6 Å². The molecule has 0 aliphatic rings. The molecule has 0 spiro atoms. The Labute approximate surface area is 231 Å². The predicted molar refractivity (Wildman–Crippen MR) is 155 cm³/mol. The van der Waals surface area contributed by atoms with E-state index in [1.165, 1.54) is 18.4 Å². The summed E-state index contributed by atoms with van der Waals surface area (Å²) in [5, 5.41) is 5.80. The van der Waals surface area contributed by atoms with Crippen LogP contribution >= 0.6 is 0 Å². The first-order valence-electron chi connectivity index (χ1n) is 14.6. The van der Waals surface area contributed by atoms with Crippen LogP contribution in [0.3, 0.4) is 0 Å². The van der Waals surface area contributed by atoms with Crippen molar-refractivity contribution in [2.75, 3.05) is 6.54 Å². The zero-order valence-electron chi connectivity index (χ0n) is 25.2. The molecule has 0 aliphatic carbocycles. The lowest BCUT2D eigenvalue weighted by atomic mass is 9.99. The first kappa shape index (κ1) is 33.5. The van der Waals surface area contributed by atoms with E-state index in [2.05, 4.69) is 31.4 Å². The predicted octanol–water partition coefficient (Wildman–Crippen LogP) is 6.70. The molecule has 0 heterocycles. The van der Waals surface area contributed by atoms with E-state index in [4.69, 9.17) is 4.74 Å². The van der Waals surface area contributed by atoms with Crippen LogP contribution in [0.4, 0.5) is 4.79 Å². The van der Waals surface area contributed by atoms with Gasteiger partial charge < -0.3 is 20.3 Å². The van der Waals surface area contributed by atoms with Gasteiger partial charge in [-0.2, -0.15) is 0 Å². The second-order valence-electron chi connectivity index (χ2n) is 11.4. The number of amides is 3. The number of benzene rings is 1. The van der Waals surface area contributed by atoms with Crippen molar-refractivity contribution in [1.82, 2.24) is 15.5 Å². The number of alkyl carbamates (subject to hydrolysis) is 1. The van der Waals surface area contributed by atoms with Crippen LogP contribution in [0.5, 0.6) is 0 Å². The summed E-state index contributed by atoms with van der Waals surface area (Å²) in [6.07, 6.45) is 8.44. The third kappa shape index (κ3) is 12.3. The largest absolute Gasteiger partial charge is 0.444 e. The SMILES string of the molecule is CCCCCCCCN(C(=O)C(C)NC(=O)OC(C)(C)C)C(C(=O)NC(C)CCC)c1ccc(CC)cc1. The molecule has 1 aromatic rings. The fraction of sp³-hybridized carbons (Fsp3) is 0.710. The summed E-state index contributed by atoms with van der Waals surface area (Å²) < 4.78 is 5.37. The normalized spacial score (nSPS) is 13.8. The lowest BCUT2D eigenvalue weighted by molar-refractivity contribution is -0.142. The third-order valence-electron chi connectivity index (χ3n) is 6.51. The first-order valence-corrected chi connectivity index (χ1v) is 14.6. The maximum absolute atomic E-state index is 13.8. The highest BCUT2D eigenvalue weighted by molar-refractivity contribution is 5.92. The van der Waals surface area contributed by atoms with Gasteiger partial charge in [0.25, 0.3) is 0 Å². The minimum Gasteiger partial charge on any atom is -0.444 e. The fourth-order valence-electron chi connectivity index (χ4n) is 4.46. The van der Waals surface area contributed by atoms with E-state index in [0.29, 0.717) is 6.54 Å². The molecule has 38 heavy (non-hydrogen) atoms. The molecular formula is C31H53N3O4. The van der Waals surface area contributed by atoms with Crippen LogP contribution < -0.4 is 10.6 Å². The minimum atomic E-state index is -0.844. The van der Waals surface area contributed by atoms with E-state index in [1.807, 2.05) is 31.2 Å². The van der Waals surface area contributed by atoms with Gasteiger partial charge >= 0.3 is 6.09 Å². The smallest absolute Gasteiger partial charge is 0.408 e. The number of nitrogens with one attached hydrogen (secondary N) is 2. The van der Waals surface area contributed by atoms with Gasteiger partial charge in [-0.05, 0) is 65.0 Å². The van der Waals surface area contributed by atoms with E-state index in [0.717, 1.165) is 50.5 Å². The molecule has 0 radical (unpaired) electrons. The van der Waals surface area contributed by atoms with Crippen LogP contribution in [0.1, 0.15) is 124 Å². The first-order chi connectivity index (χ1) is 17.9. The van der Waals surface area contributed by atoms with E-state index in [-0.39, 0.29) is 17.9 Å². The van der Waals surface area contributed by atoms with Crippen molar-refractivity contribution in [3.8, 4) is 0 Å². The van der Waals surface area contributed by atoms with Crippen molar-refractivity contribution in [3.05, 3.63) is 35.4 Å². The summed E-state index contributed by atoms with van der Waals surface area (Å²) in [5.74, 6) is -0.494. The molecular weight excluding hydrogens is 478 g/mol. The quantitative estimate of drug-likeness (QED) is 0.232. The van der Waals surface area contributed by atoms with Crippen LogP contribution in [-0.2, 0) is 20.7 Å². The average molecular weight is 532 g/mol. The van der Waals surface area contributed by atoms with Crippen molar-refractivity contribution in [3.63, 3.8) is 0 Å². The molecule has 0 saturated heterocycles. The van der Waals surface area contributed by atoms with Crippen molar-refractivity contribution < 1.29 is 19.1 Å². The lowest BCUT2D eigenvalue weighted by Gasteiger charge is -2.34. The second-order valence-corrected chi connectivity index (χ2v) is 11.4. The monoisotopic (exact) mass is 531 g/mol.